The number of hydrogen-bond donors (Lipinski definition) is 2. The van der Waals surface area contributed by atoms with Crippen LogP contribution in [0.1, 0.15) is 49.4 Å². The zero-order valence-corrected chi connectivity index (χ0v) is 18.7. The number of carbonyl (C=O) groups excluding carboxylic acids is 1. The van der Waals surface area contributed by atoms with Gasteiger partial charge in [-0.2, -0.15) is 5.10 Å². The molecule has 2 aromatic heterocycles. The number of ketones is 1. The Morgan fingerprint density at radius 2 is 1.88 bits per heavy atom. The molecule has 6 nitrogen and oxygen atoms in total. The molecular weight excluding hydrogens is 423 g/mol. The van der Waals surface area contributed by atoms with Crippen molar-refractivity contribution in [3.8, 4) is 11.3 Å². The minimum Gasteiger partial charge on any atom is -0.481 e. The summed E-state index contributed by atoms with van der Waals surface area (Å²) in [6.45, 7) is 7.91. The van der Waals surface area contributed by atoms with E-state index in [9.17, 15) is 19.1 Å². The maximum Gasteiger partial charge on any atom is 0.310 e. The molecule has 0 aliphatic carbocycles. The van der Waals surface area contributed by atoms with E-state index in [0.717, 1.165) is 22.3 Å². The Hall–Kier alpha value is -3.58. The van der Waals surface area contributed by atoms with Crippen LogP contribution in [0.3, 0.4) is 0 Å². The molecule has 7 heteroatoms. The Bertz CT molecular complexity index is 1210. The van der Waals surface area contributed by atoms with Crippen LogP contribution in [-0.2, 0) is 16.0 Å². The van der Waals surface area contributed by atoms with Crippen LogP contribution in [0.15, 0.2) is 55.1 Å². The molecule has 0 bridgehead atoms. The zero-order chi connectivity index (χ0) is 24.1. The van der Waals surface area contributed by atoms with Crippen LogP contribution in [0.2, 0.25) is 0 Å². The predicted octanol–water partition coefficient (Wildman–Crippen LogP) is 4.80. The van der Waals surface area contributed by atoms with Gasteiger partial charge >= 0.3 is 5.97 Å². The van der Waals surface area contributed by atoms with Crippen molar-refractivity contribution in [2.45, 2.75) is 45.1 Å². The van der Waals surface area contributed by atoms with Crippen molar-refractivity contribution in [2.75, 3.05) is 0 Å². The second-order valence-corrected chi connectivity index (χ2v) is 8.19. The molecule has 1 aromatic carbocycles. The topological polar surface area (TPSA) is 91.9 Å². The summed E-state index contributed by atoms with van der Waals surface area (Å²) in [5, 5.41) is 23.9. The molecule has 1 atom stereocenters. The second-order valence-electron chi connectivity index (χ2n) is 8.19. The molecule has 3 rings (SSSR count). The largest absolute Gasteiger partial charge is 0.481 e. The summed E-state index contributed by atoms with van der Waals surface area (Å²) in [5.74, 6) is -2.06. The molecular formula is C26H27FN2O4. The number of aromatic nitrogens is 2. The number of aliphatic hydroxyl groups excluding tert-OH is 1. The lowest BCUT2D eigenvalue weighted by atomic mass is 9.93. The van der Waals surface area contributed by atoms with Crippen LogP contribution >= 0.6 is 0 Å². The van der Waals surface area contributed by atoms with Crippen LogP contribution in [0, 0.1) is 5.82 Å². The van der Waals surface area contributed by atoms with Crippen LogP contribution in [0.4, 0.5) is 4.39 Å². The lowest BCUT2D eigenvalue weighted by Gasteiger charge is -2.18. The Morgan fingerprint density at radius 1 is 1.18 bits per heavy atom. The molecule has 0 amide bonds. The standard InChI is InChI=1S/C26H27FN2O4/c1-4-5-19-10-13-23-25(16(2)3)22(12-11-20(30)14-21(31)15-24(32)33)26(28-29(19)23)17-6-8-18(27)9-7-17/h4,6-13,16,20,30H,1,5,14-15H2,2-3H3,(H,32,33)/b12-11+. The second kappa shape index (κ2) is 10.4. The van der Waals surface area contributed by atoms with E-state index in [4.69, 9.17) is 10.2 Å². The molecule has 0 saturated heterocycles. The van der Waals surface area contributed by atoms with Gasteiger partial charge in [0.15, 0.2) is 0 Å². The summed E-state index contributed by atoms with van der Waals surface area (Å²) in [4.78, 5) is 22.5. The van der Waals surface area contributed by atoms with Gasteiger partial charge in [0.05, 0.1) is 17.3 Å². The van der Waals surface area contributed by atoms with Crippen molar-refractivity contribution in [3.05, 3.63) is 77.8 Å². The predicted molar refractivity (Wildman–Crippen MR) is 125 cm³/mol. The maximum absolute atomic E-state index is 13.6. The summed E-state index contributed by atoms with van der Waals surface area (Å²) in [6.07, 6.45) is 3.54. The number of nitrogens with zero attached hydrogens (tertiary/aromatic N) is 2. The number of rotatable bonds is 10. The molecule has 0 radical (unpaired) electrons. The SMILES string of the molecule is C=CCc1ccc2c(C(C)C)c(/C=C/C(O)CC(=O)CC(=O)O)c(-c3ccc(F)cc3)nn12. The van der Waals surface area contributed by atoms with E-state index in [1.807, 2.05) is 30.5 Å². The van der Waals surface area contributed by atoms with Gasteiger partial charge in [-0.15, -0.1) is 6.58 Å². The van der Waals surface area contributed by atoms with Crippen LogP contribution < -0.4 is 0 Å². The van der Waals surface area contributed by atoms with Crippen molar-refractivity contribution in [2.24, 2.45) is 0 Å². The average Bonchev–Trinajstić information content (AvgIpc) is 3.13. The maximum atomic E-state index is 13.6. The van der Waals surface area contributed by atoms with Gasteiger partial charge in [-0.1, -0.05) is 32.1 Å². The van der Waals surface area contributed by atoms with E-state index >= 15 is 0 Å². The lowest BCUT2D eigenvalue weighted by Crippen LogP contribution is -2.14. The number of allylic oxidation sites excluding steroid dienone is 1. The number of carbonyl (C=O) groups is 2. The van der Waals surface area contributed by atoms with Gasteiger partial charge in [0.1, 0.15) is 18.0 Å². The minimum absolute atomic E-state index is 0.0895. The van der Waals surface area contributed by atoms with E-state index < -0.39 is 24.3 Å². The number of Topliss-reactive ketones (excluding diaryl/α,β-unsaturated/α-hetero) is 1. The van der Waals surface area contributed by atoms with Gasteiger partial charge in [-0.05, 0) is 47.9 Å². The highest BCUT2D eigenvalue weighted by atomic mass is 19.1. The molecule has 172 valence electrons. The number of aliphatic hydroxyl groups is 1. The van der Waals surface area contributed by atoms with Crippen LogP contribution in [0.25, 0.3) is 22.9 Å². The first kappa shape index (κ1) is 24.1. The number of aliphatic carboxylic acids is 1. The molecule has 3 aromatic rings. The van der Waals surface area contributed by atoms with Crippen LogP contribution in [0.5, 0.6) is 0 Å². The number of carboxylic acids is 1. The van der Waals surface area contributed by atoms with E-state index in [2.05, 4.69) is 6.58 Å². The fourth-order valence-corrected chi connectivity index (χ4v) is 3.86. The molecule has 0 aliphatic rings. The smallest absolute Gasteiger partial charge is 0.310 e. The summed E-state index contributed by atoms with van der Waals surface area (Å²) in [7, 11) is 0. The molecule has 2 heterocycles. The first-order valence-corrected chi connectivity index (χ1v) is 10.7. The number of fused-ring (bicyclic) bond motifs is 1. The molecule has 0 saturated carbocycles. The number of carboxylic acid groups (broad SMARTS) is 1. The number of hydrogen-bond acceptors (Lipinski definition) is 4. The Morgan fingerprint density at radius 3 is 2.48 bits per heavy atom. The monoisotopic (exact) mass is 450 g/mol. The van der Waals surface area contributed by atoms with E-state index in [0.29, 0.717) is 17.7 Å². The van der Waals surface area contributed by atoms with Gasteiger partial charge in [-0.3, -0.25) is 9.59 Å². The summed E-state index contributed by atoms with van der Waals surface area (Å²) < 4.78 is 15.4. The Labute approximate surface area is 191 Å². The zero-order valence-electron chi connectivity index (χ0n) is 18.7. The van der Waals surface area contributed by atoms with Crippen LogP contribution in [-0.4, -0.2) is 37.7 Å². The molecule has 2 N–H and O–H groups in total. The molecule has 33 heavy (non-hydrogen) atoms. The van der Waals surface area contributed by atoms with Gasteiger partial charge in [0, 0.05) is 29.7 Å². The van der Waals surface area contributed by atoms with Crippen molar-refractivity contribution < 1.29 is 24.2 Å². The third-order valence-corrected chi connectivity index (χ3v) is 5.27. The molecule has 0 spiro atoms. The van der Waals surface area contributed by atoms with E-state index in [1.165, 1.54) is 18.2 Å². The molecule has 0 aliphatic heterocycles. The number of benzene rings is 1. The van der Waals surface area contributed by atoms with Crippen molar-refractivity contribution in [1.29, 1.82) is 0 Å². The highest BCUT2D eigenvalue weighted by Crippen LogP contribution is 2.34. The fraction of sp³-hybridized carbons (Fsp3) is 0.269. The molecule has 0 fully saturated rings. The van der Waals surface area contributed by atoms with Crippen molar-refractivity contribution >= 4 is 23.3 Å². The summed E-state index contributed by atoms with van der Waals surface area (Å²) in [6, 6.07) is 9.99. The van der Waals surface area contributed by atoms with Gasteiger partial charge < -0.3 is 10.2 Å². The lowest BCUT2D eigenvalue weighted by molar-refractivity contribution is -0.140. The van der Waals surface area contributed by atoms with Gasteiger partial charge in [0.2, 0.25) is 0 Å². The third-order valence-electron chi connectivity index (χ3n) is 5.27. The summed E-state index contributed by atoms with van der Waals surface area (Å²) in [5.41, 5.74) is 4.91. The fourth-order valence-electron chi connectivity index (χ4n) is 3.86. The normalized spacial score (nSPS) is 12.5. The third kappa shape index (κ3) is 5.62. The van der Waals surface area contributed by atoms with Crippen molar-refractivity contribution in [1.82, 2.24) is 9.61 Å². The first-order chi connectivity index (χ1) is 15.7. The van der Waals surface area contributed by atoms with Crippen molar-refractivity contribution in [3.63, 3.8) is 0 Å². The highest BCUT2D eigenvalue weighted by Gasteiger charge is 2.20. The van der Waals surface area contributed by atoms with Gasteiger partial charge in [0.25, 0.3) is 0 Å². The minimum atomic E-state index is -1.23. The highest BCUT2D eigenvalue weighted by molar-refractivity contribution is 5.95. The van der Waals surface area contributed by atoms with Gasteiger partial charge in [-0.25, -0.2) is 8.91 Å². The number of halogens is 1. The first-order valence-electron chi connectivity index (χ1n) is 10.7. The Balaban J connectivity index is 2.16. The Kier molecular flexibility index (Phi) is 7.55. The summed E-state index contributed by atoms with van der Waals surface area (Å²) >= 11 is 0. The molecule has 1 unspecified atom stereocenters. The average molecular weight is 451 g/mol. The van der Waals surface area contributed by atoms with E-state index in [-0.39, 0.29) is 18.2 Å². The van der Waals surface area contributed by atoms with E-state index in [1.54, 1.807) is 24.3 Å². The quantitative estimate of drug-likeness (QED) is 0.342.